The second kappa shape index (κ2) is 9.23. The van der Waals surface area contributed by atoms with Gasteiger partial charge >= 0.3 is 6.03 Å². The van der Waals surface area contributed by atoms with Crippen LogP contribution in [-0.4, -0.2) is 48.0 Å². The van der Waals surface area contributed by atoms with Crippen LogP contribution in [-0.2, 0) is 16.0 Å². The molecular weight excluding hydrogens is 370 g/mol. The van der Waals surface area contributed by atoms with Crippen LogP contribution in [0.1, 0.15) is 18.9 Å². The highest BCUT2D eigenvalue weighted by Gasteiger charge is 2.47. The van der Waals surface area contributed by atoms with Crippen LogP contribution in [0.4, 0.5) is 4.79 Å². The summed E-state index contributed by atoms with van der Waals surface area (Å²) < 4.78 is 5.50. The minimum Gasteiger partial charge on any atom is -0.492 e. The predicted octanol–water partition coefficient (Wildman–Crippen LogP) is 2.12. The van der Waals surface area contributed by atoms with Gasteiger partial charge in [-0.2, -0.15) is 0 Å². The number of nitrogens with zero attached hydrogens (tertiary/aromatic N) is 1. The number of rotatable bonds is 9. The van der Waals surface area contributed by atoms with Crippen molar-refractivity contribution in [3.8, 4) is 5.75 Å². The summed E-state index contributed by atoms with van der Waals surface area (Å²) in [7, 11) is 0. The summed E-state index contributed by atoms with van der Waals surface area (Å²) in [5.74, 6) is -0.0726. The molecule has 152 valence electrons. The molecule has 1 aliphatic heterocycles. The Bertz CT molecular complexity index is 857. The van der Waals surface area contributed by atoms with E-state index in [2.05, 4.69) is 10.6 Å². The summed E-state index contributed by atoms with van der Waals surface area (Å²) in [5, 5.41) is 5.40. The minimum atomic E-state index is -1.01. The summed E-state index contributed by atoms with van der Waals surface area (Å²) in [5.41, 5.74) is 0.0780. The van der Waals surface area contributed by atoms with Gasteiger partial charge in [-0.3, -0.25) is 14.5 Å². The van der Waals surface area contributed by atoms with Crippen LogP contribution in [0.2, 0.25) is 0 Å². The number of carbonyl (C=O) groups is 3. The molecule has 0 bridgehead atoms. The molecule has 7 nitrogen and oxygen atoms in total. The van der Waals surface area contributed by atoms with E-state index in [0.29, 0.717) is 25.2 Å². The van der Waals surface area contributed by atoms with Crippen LogP contribution in [0, 0.1) is 0 Å². The molecule has 29 heavy (non-hydrogen) atoms. The van der Waals surface area contributed by atoms with Crippen molar-refractivity contribution in [3.63, 3.8) is 0 Å². The standard InChI is InChI=1S/C22H25N3O4/c1-22(13-12-17-8-4-2-5-9-17)20(27)25(21(28)24-22)16-19(26)23-14-15-29-18-10-6-3-7-11-18/h2-11H,12-16H2,1H3,(H,23,26)(H,24,28)/t22-/m1/s1. The van der Waals surface area contributed by atoms with E-state index >= 15 is 0 Å². The lowest BCUT2D eigenvalue weighted by molar-refractivity contribution is -0.134. The largest absolute Gasteiger partial charge is 0.492 e. The fourth-order valence-corrected chi connectivity index (χ4v) is 3.17. The number of amides is 4. The lowest BCUT2D eigenvalue weighted by Gasteiger charge is -2.21. The van der Waals surface area contributed by atoms with Crippen molar-refractivity contribution in [3.05, 3.63) is 66.2 Å². The molecule has 2 aromatic carbocycles. The average Bonchev–Trinajstić information content (AvgIpc) is 2.95. The summed E-state index contributed by atoms with van der Waals surface area (Å²) >= 11 is 0. The first-order chi connectivity index (χ1) is 14.0. The smallest absolute Gasteiger partial charge is 0.325 e. The SMILES string of the molecule is C[C@]1(CCc2ccccc2)NC(=O)N(CC(=O)NCCOc2ccccc2)C1=O. The Morgan fingerprint density at radius 3 is 2.41 bits per heavy atom. The molecule has 7 heteroatoms. The maximum atomic E-state index is 12.7. The molecule has 0 aromatic heterocycles. The van der Waals surface area contributed by atoms with E-state index in [1.54, 1.807) is 6.92 Å². The van der Waals surface area contributed by atoms with Gasteiger partial charge in [-0.1, -0.05) is 48.5 Å². The minimum absolute atomic E-state index is 0.280. The van der Waals surface area contributed by atoms with Gasteiger partial charge in [-0.15, -0.1) is 0 Å². The summed E-state index contributed by atoms with van der Waals surface area (Å²) in [6.07, 6.45) is 1.12. The molecule has 1 heterocycles. The van der Waals surface area contributed by atoms with Gasteiger partial charge in [0.2, 0.25) is 5.91 Å². The van der Waals surface area contributed by atoms with Crippen LogP contribution < -0.4 is 15.4 Å². The Hall–Kier alpha value is -3.35. The van der Waals surface area contributed by atoms with Gasteiger partial charge in [-0.05, 0) is 37.5 Å². The molecule has 0 spiro atoms. The van der Waals surface area contributed by atoms with Crippen molar-refractivity contribution in [1.82, 2.24) is 15.5 Å². The van der Waals surface area contributed by atoms with E-state index in [-0.39, 0.29) is 19.0 Å². The first-order valence-corrected chi connectivity index (χ1v) is 9.60. The van der Waals surface area contributed by atoms with Crippen LogP contribution >= 0.6 is 0 Å². The van der Waals surface area contributed by atoms with Crippen LogP contribution in [0.3, 0.4) is 0 Å². The monoisotopic (exact) mass is 395 g/mol. The van der Waals surface area contributed by atoms with Crippen LogP contribution in [0.25, 0.3) is 0 Å². The highest BCUT2D eigenvalue weighted by atomic mass is 16.5. The number of ether oxygens (including phenoxy) is 1. The third-order valence-electron chi connectivity index (χ3n) is 4.84. The molecular formula is C22H25N3O4. The Morgan fingerprint density at radius 1 is 1.07 bits per heavy atom. The molecule has 4 amide bonds. The lowest BCUT2D eigenvalue weighted by Crippen LogP contribution is -2.45. The number of hydrogen-bond donors (Lipinski definition) is 2. The molecule has 2 aromatic rings. The molecule has 0 aliphatic carbocycles. The number of nitrogens with one attached hydrogen (secondary N) is 2. The van der Waals surface area contributed by atoms with E-state index in [1.807, 2.05) is 60.7 Å². The topological polar surface area (TPSA) is 87.7 Å². The van der Waals surface area contributed by atoms with Gasteiger partial charge in [-0.25, -0.2) is 4.79 Å². The van der Waals surface area contributed by atoms with Gasteiger partial charge < -0.3 is 15.4 Å². The maximum absolute atomic E-state index is 12.7. The molecule has 0 unspecified atom stereocenters. The maximum Gasteiger partial charge on any atom is 0.325 e. The highest BCUT2D eigenvalue weighted by Crippen LogP contribution is 2.23. The van der Waals surface area contributed by atoms with E-state index in [0.717, 1.165) is 10.5 Å². The van der Waals surface area contributed by atoms with Gasteiger partial charge in [0.25, 0.3) is 5.91 Å². The van der Waals surface area contributed by atoms with E-state index < -0.39 is 17.5 Å². The lowest BCUT2D eigenvalue weighted by atomic mass is 9.93. The molecule has 2 N–H and O–H groups in total. The molecule has 1 atom stereocenters. The number of aryl methyl sites for hydroxylation is 1. The Morgan fingerprint density at radius 2 is 1.72 bits per heavy atom. The third-order valence-corrected chi connectivity index (χ3v) is 4.84. The molecule has 0 saturated carbocycles. The summed E-state index contributed by atoms with van der Waals surface area (Å²) in [6.45, 7) is 1.96. The second-order valence-electron chi connectivity index (χ2n) is 7.15. The number of carbonyl (C=O) groups excluding carboxylic acids is 3. The van der Waals surface area contributed by atoms with E-state index in [1.165, 1.54) is 0 Å². The zero-order valence-corrected chi connectivity index (χ0v) is 16.4. The number of para-hydroxylation sites is 1. The zero-order chi connectivity index (χ0) is 20.7. The van der Waals surface area contributed by atoms with Crippen molar-refractivity contribution in [1.29, 1.82) is 0 Å². The Kier molecular flexibility index (Phi) is 6.49. The first-order valence-electron chi connectivity index (χ1n) is 9.60. The van der Waals surface area contributed by atoms with Crippen molar-refractivity contribution in [2.75, 3.05) is 19.7 Å². The summed E-state index contributed by atoms with van der Waals surface area (Å²) in [6, 6.07) is 18.5. The summed E-state index contributed by atoms with van der Waals surface area (Å²) in [4.78, 5) is 38.1. The van der Waals surface area contributed by atoms with E-state index in [9.17, 15) is 14.4 Å². The average molecular weight is 395 g/mol. The molecule has 0 radical (unpaired) electrons. The molecule has 1 fully saturated rings. The van der Waals surface area contributed by atoms with Crippen molar-refractivity contribution in [2.45, 2.75) is 25.3 Å². The molecule has 3 rings (SSSR count). The van der Waals surface area contributed by atoms with Crippen molar-refractivity contribution in [2.24, 2.45) is 0 Å². The van der Waals surface area contributed by atoms with Gasteiger partial charge in [0.15, 0.2) is 0 Å². The van der Waals surface area contributed by atoms with E-state index in [4.69, 9.17) is 4.74 Å². The predicted molar refractivity (Wildman–Crippen MR) is 108 cm³/mol. The second-order valence-corrected chi connectivity index (χ2v) is 7.15. The quantitative estimate of drug-likeness (QED) is 0.503. The van der Waals surface area contributed by atoms with Crippen LogP contribution in [0.15, 0.2) is 60.7 Å². The van der Waals surface area contributed by atoms with Crippen molar-refractivity contribution < 1.29 is 19.1 Å². The van der Waals surface area contributed by atoms with Gasteiger partial charge in [0.1, 0.15) is 24.4 Å². The number of imide groups is 1. The number of urea groups is 1. The first kappa shape index (κ1) is 20.4. The highest BCUT2D eigenvalue weighted by molar-refractivity contribution is 6.08. The normalized spacial score (nSPS) is 18.4. The van der Waals surface area contributed by atoms with Crippen molar-refractivity contribution >= 4 is 17.8 Å². The van der Waals surface area contributed by atoms with Gasteiger partial charge in [0.05, 0.1) is 6.54 Å². The third kappa shape index (κ3) is 5.34. The molecule has 1 aliphatic rings. The molecule has 1 saturated heterocycles. The van der Waals surface area contributed by atoms with Crippen LogP contribution in [0.5, 0.6) is 5.75 Å². The fraction of sp³-hybridized carbons (Fsp3) is 0.318. The Labute approximate surface area is 170 Å². The Balaban J connectivity index is 1.45. The number of hydrogen-bond acceptors (Lipinski definition) is 4. The number of benzene rings is 2. The zero-order valence-electron chi connectivity index (χ0n) is 16.4. The van der Waals surface area contributed by atoms with Gasteiger partial charge in [0, 0.05) is 0 Å². The fourth-order valence-electron chi connectivity index (χ4n) is 3.17.